The molecule has 1 N–H and O–H groups in total. The minimum absolute atomic E-state index is 0.100. The highest BCUT2D eigenvalue weighted by Crippen LogP contribution is 2.31. The van der Waals surface area contributed by atoms with E-state index < -0.39 is 0 Å². The Morgan fingerprint density at radius 3 is 2.25 bits per heavy atom. The monoisotopic (exact) mass is 216 g/mol. The topological polar surface area (TPSA) is 38.0 Å². The number of hydrogen-bond acceptors (Lipinski definition) is 2. The molecule has 0 aliphatic rings. The molecule has 2 aromatic rings. The van der Waals surface area contributed by atoms with Gasteiger partial charge in [-0.2, -0.15) is 5.10 Å². The Hall–Kier alpha value is -1.77. The second kappa shape index (κ2) is 3.67. The predicted octanol–water partition coefficient (Wildman–Crippen LogP) is 2.88. The number of hydrogen-bond donors (Lipinski definition) is 1. The van der Waals surface area contributed by atoms with Crippen LogP contribution in [-0.4, -0.2) is 14.9 Å². The molecule has 0 radical (unpaired) electrons. The third kappa shape index (κ3) is 1.81. The molecule has 0 amide bonds. The molecule has 3 nitrogen and oxygen atoms in total. The van der Waals surface area contributed by atoms with Gasteiger partial charge in [-0.05, 0) is 17.5 Å². The van der Waals surface area contributed by atoms with Gasteiger partial charge in [0.1, 0.15) is 0 Å². The van der Waals surface area contributed by atoms with Gasteiger partial charge in [-0.3, -0.25) is 0 Å². The van der Waals surface area contributed by atoms with E-state index in [1.165, 1.54) is 0 Å². The van der Waals surface area contributed by atoms with Crippen LogP contribution in [-0.2, 0) is 5.41 Å². The first-order valence-electron chi connectivity index (χ1n) is 5.33. The molecule has 1 heterocycles. The number of nitrogens with zero attached hydrogens (tertiary/aromatic N) is 2. The molecule has 84 valence electrons. The first kappa shape index (κ1) is 10.7. The highest BCUT2D eigenvalue weighted by Gasteiger charge is 2.22. The maximum absolute atomic E-state index is 10.1. The van der Waals surface area contributed by atoms with Gasteiger partial charge < -0.3 is 5.11 Å². The molecule has 0 aliphatic carbocycles. The molecule has 1 aromatic carbocycles. The second-order valence-electron chi connectivity index (χ2n) is 4.88. The van der Waals surface area contributed by atoms with Crippen molar-refractivity contribution in [2.75, 3.05) is 0 Å². The van der Waals surface area contributed by atoms with Crippen LogP contribution in [0.2, 0.25) is 0 Å². The summed E-state index contributed by atoms with van der Waals surface area (Å²) in [4.78, 5) is 0. The number of aromatic nitrogens is 2. The van der Waals surface area contributed by atoms with Crippen LogP contribution in [0.1, 0.15) is 26.3 Å². The standard InChI is InChI=1S/C13H16N2O/c1-13(2,3)11-9-14-15(12(11)16)10-7-5-4-6-8-10/h4-9,16H,1-3H3. The quantitative estimate of drug-likeness (QED) is 0.796. The van der Waals surface area contributed by atoms with Crippen LogP contribution in [0.4, 0.5) is 0 Å². The summed E-state index contributed by atoms with van der Waals surface area (Å²) in [5.41, 5.74) is 1.63. The number of benzene rings is 1. The molecule has 0 atom stereocenters. The van der Waals surface area contributed by atoms with Gasteiger partial charge in [0, 0.05) is 5.56 Å². The van der Waals surface area contributed by atoms with Gasteiger partial charge in [-0.25, -0.2) is 4.68 Å². The smallest absolute Gasteiger partial charge is 0.217 e. The lowest BCUT2D eigenvalue weighted by molar-refractivity contribution is 0.414. The van der Waals surface area contributed by atoms with Crippen molar-refractivity contribution in [3.05, 3.63) is 42.1 Å². The maximum Gasteiger partial charge on any atom is 0.217 e. The van der Waals surface area contributed by atoms with Crippen molar-refractivity contribution in [1.29, 1.82) is 0 Å². The van der Waals surface area contributed by atoms with E-state index in [-0.39, 0.29) is 11.3 Å². The third-order valence-electron chi connectivity index (χ3n) is 2.55. The highest BCUT2D eigenvalue weighted by atomic mass is 16.3. The second-order valence-corrected chi connectivity index (χ2v) is 4.88. The Bertz CT molecular complexity index is 480. The van der Waals surface area contributed by atoms with E-state index in [1.54, 1.807) is 10.9 Å². The molecule has 0 bridgehead atoms. The summed E-state index contributed by atoms with van der Waals surface area (Å²) in [6.07, 6.45) is 1.72. The van der Waals surface area contributed by atoms with Crippen molar-refractivity contribution in [2.45, 2.75) is 26.2 Å². The van der Waals surface area contributed by atoms with Gasteiger partial charge in [-0.1, -0.05) is 39.0 Å². The van der Waals surface area contributed by atoms with Gasteiger partial charge >= 0.3 is 0 Å². The Kier molecular flexibility index (Phi) is 2.46. The molecule has 0 spiro atoms. The van der Waals surface area contributed by atoms with E-state index >= 15 is 0 Å². The van der Waals surface area contributed by atoms with E-state index in [4.69, 9.17) is 0 Å². The number of rotatable bonds is 1. The van der Waals surface area contributed by atoms with Gasteiger partial charge in [-0.15, -0.1) is 0 Å². The van der Waals surface area contributed by atoms with Crippen molar-refractivity contribution in [2.24, 2.45) is 0 Å². The van der Waals surface area contributed by atoms with Crippen molar-refractivity contribution in [3.8, 4) is 11.6 Å². The van der Waals surface area contributed by atoms with Crippen LogP contribution in [0.5, 0.6) is 5.88 Å². The van der Waals surface area contributed by atoms with Crippen LogP contribution >= 0.6 is 0 Å². The SMILES string of the molecule is CC(C)(C)c1cnn(-c2ccccc2)c1O. The lowest BCUT2D eigenvalue weighted by atomic mass is 9.89. The summed E-state index contributed by atoms with van der Waals surface area (Å²) in [6.45, 7) is 6.16. The summed E-state index contributed by atoms with van der Waals surface area (Å²) in [5, 5.41) is 14.3. The van der Waals surface area contributed by atoms with E-state index in [2.05, 4.69) is 25.9 Å². The molecule has 0 saturated heterocycles. The Balaban J connectivity index is 2.50. The highest BCUT2D eigenvalue weighted by molar-refractivity contribution is 5.39. The first-order valence-corrected chi connectivity index (χ1v) is 5.33. The van der Waals surface area contributed by atoms with Crippen LogP contribution in [0, 0.1) is 0 Å². The third-order valence-corrected chi connectivity index (χ3v) is 2.55. The Labute approximate surface area is 95.3 Å². The fourth-order valence-corrected chi connectivity index (χ4v) is 1.63. The zero-order chi connectivity index (χ0) is 11.8. The molecule has 0 unspecified atom stereocenters. The maximum atomic E-state index is 10.1. The fraction of sp³-hybridized carbons (Fsp3) is 0.308. The lowest BCUT2D eigenvalue weighted by Crippen LogP contribution is -2.10. The van der Waals surface area contributed by atoms with Crippen LogP contribution < -0.4 is 0 Å². The van der Waals surface area contributed by atoms with E-state index in [0.29, 0.717) is 0 Å². The molecular weight excluding hydrogens is 200 g/mol. The molecule has 0 aliphatic heterocycles. The van der Waals surface area contributed by atoms with Gasteiger partial charge in [0.05, 0.1) is 11.9 Å². The Morgan fingerprint density at radius 2 is 1.75 bits per heavy atom. The molecule has 2 rings (SSSR count). The van der Waals surface area contributed by atoms with E-state index in [1.807, 2.05) is 30.3 Å². The van der Waals surface area contributed by atoms with Gasteiger partial charge in [0.2, 0.25) is 5.88 Å². The van der Waals surface area contributed by atoms with Crippen molar-refractivity contribution in [1.82, 2.24) is 9.78 Å². The summed E-state index contributed by atoms with van der Waals surface area (Å²) in [5.74, 6) is 0.221. The zero-order valence-corrected chi connectivity index (χ0v) is 9.81. The van der Waals surface area contributed by atoms with Crippen LogP contribution in [0.15, 0.2) is 36.5 Å². The average molecular weight is 216 g/mol. The number of aromatic hydroxyl groups is 1. The molecule has 0 saturated carbocycles. The molecule has 3 heteroatoms. The summed E-state index contributed by atoms with van der Waals surface area (Å²) in [6, 6.07) is 9.62. The lowest BCUT2D eigenvalue weighted by Gasteiger charge is -2.16. The van der Waals surface area contributed by atoms with E-state index in [0.717, 1.165) is 11.3 Å². The van der Waals surface area contributed by atoms with Gasteiger partial charge in [0.15, 0.2) is 0 Å². The van der Waals surface area contributed by atoms with Gasteiger partial charge in [0.25, 0.3) is 0 Å². The van der Waals surface area contributed by atoms with Crippen molar-refractivity contribution >= 4 is 0 Å². The number of para-hydroxylation sites is 1. The van der Waals surface area contributed by atoms with Crippen molar-refractivity contribution < 1.29 is 5.11 Å². The normalized spacial score (nSPS) is 11.7. The Morgan fingerprint density at radius 1 is 1.12 bits per heavy atom. The minimum atomic E-state index is -0.100. The van der Waals surface area contributed by atoms with Crippen LogP contribution in [0.25, 0.3) is 5.69 Å². The predicted molar refractivity (Wildman–Crippen MR) is 63.9 cm³/mol. The summed E-state index contributed by atoms with van der Waals surface area (Å²) in [7, 11) is 0. The average Bonchev–Trinajstić information content (AvgIpc) is 2.61. The van der Waals surface area contributed by atoms with E-state index in [9.17, 15) is 5.11 Å². The zero-order valence-electron chi connectivity index (χ0n) is 9.81. The molecule has 16 heavy (non-hydrogen) atoms. The molecular formula is C13H16N2O. The molecule has 1 aromatic heterocycles. The summed E-state index contributed by atoms with van der Waals surface area (Å²) < 4.78 is 1.56. The van der Waals surface area contributed by atoms with Crippen molar-refractivity contribution in [3.63, 3.8) is 0 Å². The largest absolute Gasteiger partial charge is 0.493 e. The summed E-state index contributed by atoms with van der Waals surface area (Å²) >= 11 is 0. The fourth-order valence-electron chi connectivity index (χ4n) is 1.63. The van der Waals surface area contributed by atoms with Crippen LogP contribution in [0.3, 0.4) is 0 Å². The first-order chi connectivity index (χ1) is 7.50. The minimum Gasteiger partial charge on any atom is -0.493 e. The molecule has 0 fully saturated rings.